The minimum Gasteiger partial charge on any atom is -0.355 e. The standard InChI is InChI=1S/C7H12INO/c1-5-4-6(5)7(10)9-3-2-8/h5-6H,2-4H2,1H3,(H,9,10). The Kier molecular flexibility index (Phi) is 2.95. The Balaban J connectivity index is 2.11. The molecule has 58 valence electrons. The van der Waals surface area contributed by atoms with E-state index in [1.807, 2.05) is 0 Å². The molecule has 0 heterocycles. The van der Waals surface area contributed by atoms with Crippen molar-refractivity contribution < 1.29 is 4.79 Å². The molecule has 2 unspecified atom stereocenters. The second-order valence-corrected chi connectivity index (χ2v) is 3.88. The maximum absolute atomic E-state index is 11.1. The van der Waals surface area contributed by atoms with Gasteiger partial charge in [-0.25, -0.2) is 0 Å². The minimum atomic E-state index is 0.254. The minimum absolute atomic E-state index is 0.254. The van der Waals surface area contributed by atoms with Gasteiger partial charge in [0.05, 0.1) is 0 Å². The van der Waals surface area contributed by atoms with Crippen LogP contribution in [-0.2, 0) is 4.79 Å². The summed E-state index contributed by atoms with van der Waals surface area (Å²) < 4.78 is 1.00. The number of rotatable bonds is 3. The molecule has 0 saturated heterocycles. The summed E-state index contributed by atoms with van der Waals surface area (Å²) in [4.78, 5) is 11.1. The quantitative estimate of drug-likeness (QED) is 0.594. The van der Waals surface area contributed by atoms with E-state index in [4.69, 9.17) is 0 Å². The average molecular weight is 253 g/mol. The van der Waals surface area contributed by atoms with E-state index in [2.05, 4.69) is 34.8 Å². The van der Waals surface area contributed by atoms with Gasteiger partial charge in [0.2, 0.25) is 5.91 Å². The van der Waals surface area contributed by atoms with E-state index in [9.17, 15) is 4.79 Å². The molecule has 0 radical (unpaired) electrons. The molecule has 0 bridgehead atoms. The molecular weight excluding hydrogens is 241 g/mol. The van der Waals surface area contributed by atoms with Gasteiger partial charge in [0, 0.05) is 16.9 Å². The van der Waals surface area contributed by atoms with Crippen molar-refractivity contribution in [2.45, 2.75) is 13.3 Å². The lowest BCUT2D eigenvalue weighted by molar-refractivity contribution is -0.122. The molecule has 2 nitrogen and oxygen atoms in total. The molecule has 1 saturated carbocycles. The lowest BCUT2D eigenvalue weighted by atomic mass is 10.3. The zero-order valence-corrected chi connectivity index (χ0v) is 8.22. The number of halogens is 1. The van der Waals surface area contributed by atoms with Gasteiger partial charge in [-0.2, -0.15) is 0 Å². The van der Waals surface area contributed by atoms with Crippen LogP contribution in [0.15, 0.2) is 0 Å². The van der Waals surface area contributed by atoms with E-state index >= 15 is 0 Å². The molecule has 0 aromatic rings. The lowest BCUT2D eigenvalue weighted by Gasteiger charge is -1.99. The molecule has 0 spiro atoms. The number of hydrogen-bond donors (Lipinski definition) is 1. The van der Waals surface area contributed by atoms with Gasteiger partial charge in [-0.3, -0.25) is 4.79 Å². The molecule has 1 fully saturated rings. The van der Waals surface area contributed by atoms with Crippen molar-refractivity contribution in [1.82, 2.24) is 5.32 Å². The fourth-order valence-electron chi connectivity index (χ4n) is 0.989. The van der Waals surface area contributed by atoms with Gasteiger partial charge < -0.3 is 5.32 Å². The van der Waals surface area contributed by atoms with Crippen molar-refractivity contribution in [2.24, 2.45) is 11.8 Å². The molecule has 1 aliphatic carbocycles. The maximum Gasteiger partial charge on any atom is 0.223 e. The van der Waals surface area contributed by atoms with Crippen LogP contribution in [0.3, 0.4) is 0 Å². The van der Waals surface area contributed by atoms with Crippen molar-refractivity contribution in [3.63, 3.8) is 0 Å². The largest absolute Gasteiger partial charge is 0.355 e. The van der Waals surface area contributed by atoms with Crippen molar-refractivity contribution in [1.29, 1.82) is 0 Å². The van der Waals surface area contributed by atoms with E-state index < -0.39 is 0 Å². The molecule has 1 rings (SSSR count). The first-order chi connectivity index (χ1) is 4.75. The highest BCUT2D eigenvalue weighted by atomic mass is 127. The number of amides is 1. The van der Waals surface area contributed by atoms with Gasteiger partial charge >= 0.3 is 0 Å². The molecule has 3 heteroatoms. The summed E-state index contributed by atoms with van der Waals surface area (Å²) in [5.41, 5.74) is 0. The Morgan fingerprint density at radius 1 is 1.80 bits per heavy atom. The maximum atomic E-state index is 11.1. The van der Waals surface area contributed by atoms with Crippen LogP contribution in [-0.4, -0.2) is 16.9 Å². The zero-order chi connectivity index (χ0) is 7.56. The van der Waals surface area contributed by atoms with Crippen LogP contribution in [0, 0.1) is 11.8 Å². The number of hydrogen-bond acceptors (Lipinski definition) is 1. The molecule has 1 amide bonds. The normalized spacial score (nSPS) is 29.8. The van der Waals surface area contributed by atoms with E-state index in [1.54, 1.807) is 0 Å². The average Bonchev–Trinajstić information content (AvgIpc) is 2.62. The molecular formula is C7H12INO. The first-order valence-electron chi connectivity index (χ1n) is 3.59. The van der Waals surface area contributed by atoms with Crippen molar-refractivity contribution in [3.05, 3.63) is 0 Å². The first kappa shape index (κ1) is 8.30. The van der Waals surface area contributed by atoms with Crippen LogP contribution in [0.1, 0.15) is 13.3 Å². The predicted molar refractivity (Wildman–Crippen MR) is 49.2 cm³/mol. The number of carbonyl (C=O) groups excluding carboxylic acids is 1. The smallest absolute Gasteiger partial charge is 0.223 e. The summed E-state index contributed by atoms with van der Waals surface area (Å²) in [5.74, 6) is 1.22. The van der Waals surface area contributed by atoms with Crippen LogP contribution in [0.4, 0.5) is 0 Å². The molecule has 0 aromatic heterocycles. The Labute approximate surface area is 74.9 Å². The highest BCUT2D eigenvalue weighted by molar-refractivity contribution is 14.1. The summed E-state index contributed by atoms with van der Waals surface area (Å²) in [6, 6.07) is 0. The van der Waals surface area contributed by atoms with Gasteiger partial charge in [-0.05, 0) is 12.3 Å². The third-order valence-corrected chi connectivity index (χ3v) is 2.38. The summed E-state index contributed by atoms with van der Waals surface area (Å²) in [5, 5.41) is 2.88. The number of nitrogens with one attached hydrogen (secondary N) is 1. The van der Waals surface area contributed by atoms with Gasteiger partial charge in [0.15, 0.2) is 0 Å². The first-order valence-corrected chi connectivity index (χ1v) is 5.12. The summed E-state index contributed by atoms with van der Waals surface area (Å²) in [7, 11) is 0. The van der Waals surface area contributed by atoms with Crippen molar-refractivity contribution in [3.8, 4) is 0 Å². The van der Waals surface area contributed by atoms with Gasteiger partial charge in [-0.15, -0.1) is 0 Å². The van der Waals surface area contributed by atoms with Gasteiger partial charge in [0.25, 0.3) is 0 Å². The third kappa shape index (κ3) is 2.11. The molecule has 2 atom stereocenters. The topological polar surface area (TPSA) is 29.1 Å². The fourth-order valence-corrected chi connectivity index (χ4v) is 1.26. The van der Waals surface area contributed by atoms with Crippen LogP contribution < -0.4 is 5.32 Å². The predicted octanol–water partition coefficient (Wildman–Crippen LogP) is 1.19. The third-order valence-electron chi connectivity index (χ3n) is 1.84. The summed E-state index contributed by atoms with van der Waals surface area (Å²) >= 11 is 2.26. The zero-order valence-electron chi connectivity index (χ0n) is 6.06. The fraction of sp³-hybridized carbons (Fsp3) is 0.857. The van der Waals surface area contributed by atoms with Crippen molar-refractivity contribution in [2.75, 3.05) is 11.0 Å². The monoisotopic (exact) mass is 253 g/mol. The van der Waals surface area contributed by atoms with Crippen LogP contribution in [0.5, 0.6) is 0 Å². The second-order valence-electron chi connectivity index (χ2n) is 2.80. The molecule has 0 aromatic carbocycles. The Morgan fingerprint density at radius 2 is 2.40 bits per heavy atom. The van der Waals surface area contributed by atoms with E-state index in [0.717, 1.165) is 17.4 Å². The van der Waals surface area contributed by atoms with E-state index in [1.165, 1.54) is 0 Å². The highest BCUT2D eigenvalue weighted by Gasteiger charge is 2.38. The highest BCUT2D eigenvalue weighted by Crippen LogP contribution is 2.37. The SMILES string of the molecule is CC1CC1C(=O)NCCI. The Bertz CT molecular complexity index is 138. The molecule has 1 N–H and O–H groups in total. The molecule has 0 aliphatic heterocycles. The molecule has 10 heavy (non-hydrogen) atoms. The van der Waals surface area contributed by atoms with E-state index in [0.29, 0.717) is 11.8 Å². The van der Waals surface area contributed by atoms with Gasteiger partial charge in [0.1, 0.15) is 0 Å². The van der Waals surface area contributed by atoms with E-state index in [-0.39, 0.29) is 5.91 Å². The Morgan fingerprint density at radius 3 is 2.80 bits per heavy atom. The van der Waals surface area contributed by atoms with Crippen LogP contribution in [0.2, 0.25) is 0 Å². The second kappa shape index (κ2) is 3.55. The van der Waals surface area contributed by atoms with Crippen LogP contribution in [0.25, 0.3) is 0 Å². The number of carbonyl (C=O) groups is 1. The summed E-state index contributed by atoms with van der Waals surface area (Å²) in [6.45, 7) is 2.94. The Hall–Kier alpha value is 0.200. The number of alkyl halides is 1. The lowest BCUT2D eigenvalue weighted by Crippen LogP contribution is -2.26. The van der Waals surface area contributed by atoms with Gasteiger partial charge in [-0.1, -0.05) is 29.5 Å². The van der Waals surface area contributed by atoms with Crippen LogP contribution >= 0.6 is 22.6 Å². The van der Waals surface area contributed by atoms with Crippen molar-refractivity contribution >= 4 is 28.5 Å². The molecule has 1 aliphatic rings. The summed E-state index contributed by atoms with van der Waals surface area (Å²) in [6.07, 6.45) is 1.09.